The van der Waals surface area contributed by atoms with Crippen molar-refractivity contribution in [1.29, 1.82) is 0 Å². The quantitative estimate of drug-likeness (QED) is 0.733. The lowest BCUT2D eigenvalue weighted by atomic mass is 9.88. The van der Waals surface area contributed by atoms with Crippen LogP contribution >= 0.6 is 0 Å². The molecule has 0 bridgehead atoms. The van der Waals surface area contributed by atoms with E-state index in [1.54, 1.807) is 0 Å². The Labute approximate surface area is 149 Å². The number of fused-ring (bicyclic) bond motifs is 2. The molecule has 4 rings (SSSR count). The van der Waals surface area contributed by atoms with Gasteiger partial charge in [0.25, 0.3) is 0 Å². The molecule has 1 unspecified atom stereocenters. The molecule has 0 N–H and O–H groups in total. The van der Waals surface area contributed by atoms with Crippen molar-refractivity contribution in [2.45, 2.75) is 31.5 Å². The average Bonchev–Trinajstić information content (AvgIpc) is 2.83. The van der Waals surface area contributed by atoms with Crippen molar-refractivity contribution in [3.8, 4) is 11.8 Å². The van der Waals surface area contributed by atoms with Gasteiger partial charge >= 0.3 is 0 Å². The second kappa shape index (κ2) is 7.70. The lowest BCUT2D eigenvalue weighted by Crippen LogP contribution is -2.22. The van der Waals surface area contributed by atoms with Gasteiger partial charge in [0.2, 0.25) is 0 Å². The molecule has 1 saturated heterocycles. The van der Waals surface area contributed by atoms with E-state index in [0.717, 1.165) is 19.4 Å². The molecule has 0 aromatic heterocycles. The summed E-state index contributed by atoms with van der Waals surface area (Å²) in [5, 5.41) is 0. The largest absolute Gasteiger partial charge is 0.353 e. The first-order valence-corrected chi connectivity index (χ1v) is 8.99. The third kappa shape index (κ3) is 3.69. The first-order valence-electron chi connectivity index (χ1n) is 8.99. The van der Waals surface area contributed by atoms with Gasteiger partial charge in [0.15, 0.2) is 6.29 Å². The molecule has 2 aromatic rings. The molecule has 25 heavy (non-hydrogen) atoms. The van der Waals surface area contributed by atoms with Gasteiger partial charge in [0, 0.05) is 6.61 Å². The second-order valence-corrected chi connectivity index (χ2v) is 6.45. The van der Waals surface area contributed by atoms with E-state index in [2.05, 4.69) is 72.5 Å². The van der Waals surface area contributed by atoms with Gasteiger partial charge in [-0.05, 0) is 41.5 Å². The van der Waals surface area contributed by atoms with Crippen molar-refractivity contribution in [3.63, 3.8) is 0 Å². The molecule has 126 valence electrons. The molecule has 0 saturated carbocycles. The number of hydrogen-bond acceptors (Lipinski definition) is 2. The van der Waals surface area contributed by atoms with Gasteiger partial charge in [-0.1, -0.05) is 72.5 Å². The first kappa shape index (κ1) is 16.1. The van der Waals surface area contributed by atoms with Crippen molar-refractivity contribution in [3.05, 3.63) is 70.8 Å². The Hall–Kier alpha value is -2.34. The first-order chi connectivity index (χ1) is 12.4. The maximum absolute atomic E-state index is 5.77. The highest BCUT2D eigenvalue weighted by Gasteiger charge is 2.19. The normalized spacial score (nSPS) is 19.3. The van der Waals surface area contributed by atoms with Gasteiger partial charge in [0.1, 0.15) is 6.61 Å². The minimum atomic E-state index is -0.0848. The average molecular weight is 330 g/mol. The molecule has 2 heteroatoms. The molecule has 1 aliphatic carbocycles. The summed E-state index contributed by atoms with van der Waals surface area (Å²) in [5.74, 6) is 6.74. The molecule has 1 fully saturated rings. The van der Waals surface area contributed by atoms with E-state index < -0.39 is 0 Å². The Morgan fingerprint density at radius 2 is 1.60 bits per heavy atom. The fourth-order valence-corrected chi connectivity index (χ4v) is 3.47. The molecule has 0 radical (unpaired) electrons. The summed E-state index contributed by atoms with van der Waals surface area (Å²) < 4.78 is 11.4. The van der Waals surface area contributed by atoms with E-state index >= 15 is 0 Å². The van der Waals surface area contributed by atoms with Crippen molar-refractivity contribution < 1.29 is 9.47 Å². The number of benzene rings is 2. The molecule has 2 aromatic carbocycles. The van der Waals surface area contributed by atoms with E-state index in [1.165, 1.54) is 28.7 Å². The Morgan fingerprint density at radius 3 is 2.24 bits per heavy atom. The van der Waals surface area contributed by atoms with Crippen LogP contribution in [0.3, 0.4) is 0 Å². The van der Waals surface area contributed by atoms with Gasteiger partial charge in [0.05, 0.1) is 5.92 Å². The molecular weight excluding hydrogens is 308 g/mol. The van der Waals surface area contributed by atoms with Gasteiger partial charge < -0.3 is 9.47 Å². The van der Waals surface area contributed by atoms with E-state index in [1.807, 2.05) is 0 Å². The Kier molecular flexibility index (Phi) is 4.97. The lowest BCUT2D eigenvalue weighted by molar-refractivity contribution is -0.154. The van der Waals surface area contributed by atoms with Crippen molar-refractivity contribution in [2.24, 2.45) is 0 Å². The zero-order valence-corrected chi connectivity index (χ0v) is 14.3. The SMILES string of the molecule is C(#CC1c2ccccc2C=Cc2ccccc21)COC1CCCCO1. The van der Waals surface area contributed by atoms with E-state index in [0.29, 0.717) is 6.61 Å². The lowest BCUT2D eigenvalue weighted by Gasteiger charge is -2.21. The predicted octanol–water partition coefficient (Wildman–Crippen LogP) is 4.85. The zero-order chi connectivity index (χ0) is 16.9. The van der Waals surface area contributed by atoms with Crippen molar-refractivity contribution >= 4 is 12.2 Å². The fraction of sp³-hybridized carbons (Fsp3) is 0.304. The molecule has 2 aliphatic rings. The zero-order valence-electron chi connectivity index (χ0n) is 14.3. The summed E-state index contributed by atoms with van der Waals surface area (Å²) in [6, 6.07) is 17.0. The van der Waals surface area contributed by atoms with Gasteiger partial charge in [-0.25, -0.2) is 0 Å². The molecular formula is C23H22O2. The van der Waals surface area contributed by atoms with E-state index in [9.17, 15) is 0 Å². The number of rotatable bonds is 2. The van der Waals surface area contributed by atoms with Crippen LogP contribution in [0.15, 0.2) is 48.5 Å². The molecule has 1 atom stereocenters. The smallest absolute Gasteiger partial charge is 0.158 e. The van der Waals surface area contributed by atoms with Crippen LogP contribution in [-0.4, -0.2) is 19.5 Å². The van der Waals surface area contributed by atoms with Gasteiger partial charge in [-0.3, -0.25) is 0 Å². The molecule has 2 nitrogen and oxygen atoms in total. The molecule has 1 heterocycles. The molecule has 0 amide bonds. The highest BCUT2D eigenvalue weighted by molar-refractivity contribution is 5.77. The topological polar surface area (TPSA) is 18.5 Å². The van der Waals surface area contributed by atoms with Gasteiger partial charge in [-0.15, -0.1) is 0 Å². The Morgan fingerprint density at radius 1 is 0.920 bits per heavy atom. The monoisotopic (exact) mass is 330 g/mol. The van der Waals surface area contributed by atoms with Crippen LogP contribution in [-0.2, 0) is 9.47 Å². The second-order valence-electron chi connectivity index (χ2n) is 6.45. The van der Waals surface area contributed by atoms with Crippen LogP contribution < -0.4 is 0 Å². The minimum absolute atomic E-state index is 0.0678. The third-order valence-corrected chi connectivity index (χ3v) is 4.78. The Bertz CT molecular complexity index is 770. The van der Waals surface area contributed by atoms with Crippen LogP contribution in [0.4, 0.5) is 0 Å². The summed E-state index contributed by atoms with van der Waals surface area (Å²) in [6.07, 6.45) is 7.56. The molecule has 1 aliphatic heterocycles. The van der Waals surface area contributed by atoms with Crippen LogP contribution in [0.5, 0.6) is 0 Å². The van der Waals surface area contributed by atoms with E-state index in [4.69, 9.17) is 9.47 Å². The number of hydrogen-bond donors (Lipinski definition) is 0. The summed E-state index contributed by atoms with van der Waals surface area (Å²) in [7, 11) is 0. The van der Waals surface area contributed by atoms with Crippen LogP contribution in [0.25, 0.3) is 12.2 Å². The maximum Gasteiger partial charge on any atom is 0.158 e. The highest BCUT2D eigenvalue weighted by Crippen LogP contribution is 2.33. The van der Waals surface area contributed by atoms with Crippen LogP contribution in [0.2, 0.25) is 0 Å². The summed E-state index contributed by atoms with van der Waals surface area (Å²) >= 11 is 0. The van der Waals surface area contributed by atoms with Crippen LogP contribution in [0.1, 0.15) is 47.4 Å². The minimum Gasteiger partial charge on any atom is -0.353 e. The van der Waals surface area contributed by atoms with Crippen molar-refractivity contribution in [2.75, 3.05) is 13.2 Å². The third-order valence-electron chi connectivity index (χ3n) is 4.78. The fourth-order valence-electron chi connectivity index (χ4n) is 3.47. The van der Waals surface area contributed by atoms with Crippen LogP contribution in [0, 0.1) is 11.8 Å². The summed E-state index contributed by atoms with van der Waals surface area (Å²) in [5.41, 5.74) is 4.97. The van der Waals surface area contributed by atoms with Crippen molar-refractivity contribution in [1.82, 2.24) is 0 Å². The summed E-state index contributed by atoms with van der Waals surface area (Å²) in [6.45, 7) is 1.21. The maximum atomic E-state index is 5.77. The predicted molar refractivity (Wildman–Crippen MR) is 101 cm³/mol. The Balaban J connectivity index is 1.58. The number of ether oxygens (including phenoxy) is 2. The summed E-state index contributed by atoms with van der Waals surface area (Å²) in [4.78, 5) is 0. The highest BCUT2D eigenvalue weighted by atomic mass is 16.7. The van der Waals surface area contributed by atoms with Gasteiger partial charge in [-0.2, -0.15) is 0 Å². The standard InChI is InChI=1S/C23H22O2/c1-3-10-20-18(8-1)14-15-19-9-2-4-11-21(19)22(20)12-7-17-25-23-13-5-6-16-24-23/h1-4,8-11,14-15,22-23H,5-6,13,16-17H2. The molecule has 0 spiro atoms. The van der Waals surface area contributed by atoms with E-state index in [-0.39, 0.29) is 12.2 Å².